The van der Waals surface area contributed by atoms with Gasteiger partial charge in [-0.1, -0.05) is 19.3 Å². The molecule has 0 aromatic carbocycles. The summed E-state index contributed by atoms with van der Waals surface area (Å²) in [5.74, 6) is 0. The number of nitrogens with zero attached hydrogens (tertiary/aromatic N) is 2. The van der Waals surface area contributed by atoms with Crippen molar-refractivity contribution in [1.29, 1.82) is 0 Å². The molecule has 1 aromatic heterocycles. The fourth-order valence-corrected chi connectivity index (χ4v) is 3.48. The molecule has 0 bridgehead atoms. The highest BCUT2D eigenvalue weighted by Crippen LogP contribution is 2.30. The van der Waals surface area contributed by atoms with Crippen LogP contribution in [0.3, 0.4) is 0 Å². The molecular formula is C14H25N3S. The molecule has 1 aromatic rings. The summed E-state index contributed by atoms with van der Waals surface area (Å²) in [6.07, 6.45) is 8.12. The molecule has 18 heavy (non-hydrogen) atoms. The molecule has 0 atom stereocenters. The Morgan fingerprint density at radius 1 is 1.39 bits per heavy atom. The molecule has 1 N–H and O–H groups in total. The zero-order valence-electron chi connectivity index (χ0n) is 11.6. The lowest BCUT2D eigenvalue weighted by Gasteiger charge is -2.38. The van der Waals surface area contributed by atoms with E-state index in [9.17, 15) is 0 Å². The average Bonchev–Trinajstić information content (AvgIpc) is 2.90. The van der Waals surface area contributed by atoms with Crippen LogP contribution in [-0.4, -0.2) is 36.1 Å². The smallest absolute Gasteiger partial charge is 0.0795 e. The number of hydrogen-bond donors (Lipinski definition) is 1. The van der Waals surface area contributed by atoms with Crippen molar-refractivity contribution in [2.75, 3.05) is 20.6 Å². The molecule has 2 rings (SSSR count). The van der Waals surface area contributed by atoms with Gasteiger partial charge in [0.25, 0.3) is 0 Å². The fraction of sp³-hybridized carbons (Fsp3) is 0.786. The van der Waals surface area contributed by atoms with Crippen LogP contribution in [0.1, 0.15) is 44.2 Å². The predicted molar refractivity (Wildman–Crippen MR) is 77.9 cm³/mol. The van der Waals surface area contributed by atoms with Crippen LogP contribution in [0.5, 0.6) is 0 Å². The second-order valence-electron chi connectivity index (χ2n) is 5.56. The van der Waals surface area contributed by atoms with Gasteiger partial charge in [-0.25, -0.2) is 4.98 Å². The minimum Gasteiger partial charge on any atom is -0.314 e. The van der Waals surface area contributed by atoms with Gasteiger partial charge in [0.05, 0.1) is 11.2 Å². The van der Waals surface area contributed by atoms with Crippen molar-refractivity contribution >= 4 is 11.3 Å². The molecule has 0 radical (unpaired) electrons. The van der Waals surface area contributed by atoms with E-state index in [0.29, 0.717) is 5.54 Å². The van der Waals surface area contributed by atoms with Crippen LogP contribution >= 0.6 is 11.3 Å². The number of rotatable bonds is 6. The first-order valence-corrected chi connectivity index (χ1v) is 7.93. The third kappa shape index (κ3) is 3.77. The summed E-state index contributed by atoms with van der Waals surface area (Å²) in [5.41, 5.74) is 3.51. The molecule has 0 unspecified atom stereocenters. The maximum absolute atomic E-state index is 4.35. The van der Waals surface area contributed by atoms with Gasteiger partial charge in [0.1, 0.15) is 0 Å². The van der Waals surface area contributed by atoms with Gasteiger partial charge in [-0.05, 0) is 39.9 Å². The average molecular weight is 267 g/mol. The van der Waals surface area contributed by atoms with E-state index in [0.717, 1.165) is 13.1 Å². The Bertz CT molecular complexity index is 331. The SMILES string of the molecule is CNC1(CCN(C)Cc2cscn2)CCCCC1. The largest absolute Gasteiger partial charge is 0.314 e. The van der Waals surface area contributed by atoms with Crippen molar-refractivity contribution in [2.45, 2.75) is 50.6 Å². The van der Waals surface area contributed by atoms with Crippen LogP contribution in [0.2, 0.25) is 0 Å². The lowest BCUT2D eigenvalue weighted by Crippen LogP contribution is -2.46. The molecule has 0 aliphatic heterocycles. The second-order valence-corrected chi connectivity index (χ2v) is 6.28. The molecule has 0 spiro atoms. The number of thiazole rings is 1. The van der Waals surface area contributed by atoms with E-state index in [1.807, 2.05) is 5.51 Å². The lowest BCUT2D eigenvalue weighted by atomic mass is 9.79. The van der Waals surface area contributed by atoms with E-state index in [-0.39, 0.29) is 0 Å². The first kappa shape index (κ1) is 14.0. The van der Waals surface area contributed by atoms with Crippen molar-refractivity contribution in [3.63, 3.8) is 0 Å². The van der Waals surface area contributed by atoms with Crippen LogP contribution < -0.4 is 5.32 Å². The number of aromatic nitrogens is 1. The van der Waals surface area contributed by atoms with Gasteiger partial charge in [0.2, 0.25) is 0 Å². The standard InChI is InChI=1S/C14H25N3S/c1-15-14(6-4-3-5-7-14)8-9-17(2)10-13-11-18-12-16-13/h11-12,15H,3-10H2,1-2H3. The highest BCUT2D eigenvalue weighted by Gasteiger charge is 2.29. The maximum atomic E-state index is 4.35. The monoisotopic (exact) mass is 267 g/mol. The minimum absolute atomic E-state index is 0.397. The third-order valence-electron chi connectivity index (χ3n) is 4.23. The predicted octanol–water partition coefficient (Wildman–Crippen LogP) is 2.89. The molecule has 0 saturated heterocycles. The third-order valence-corrected chi connectivity index (χ3v) is 4.86. The molecule has 1 saturated carbocycles. The Hall–Kier alpha value is -0.450. The Morgan fingerprint density at radius 3 is 2.78 bits per heavy atom. The highest BCUT2D eigenvalue weighted by molar-refractivity contribution is 7.07. The normalized spacial score (nSPS) is 19.3. The summed E-state index contributed by atoms with van der Waals surface area (Å²) in [4.78, 5) is 6.74. The molecular weight excluding hydrogens is 242 g/mol. The summed E-state index contributed by atoms with van der Waals surface area (Å²) in [5, 5.41) is 5.74. The van der Waals surface area contributed by atoms with E-state index in [2.05, 4.69) is 34.7 Å². The van der Waals surface area contributed by atoms with Crippen molar-refractivity contribution in [2.24, 2.45) is 0 Å². The highest BCUT2D eigenvalue weighted by atomic mass is 32.1. The van der Waals surface area contributed by atoms with Gasteiger partial charge in [-0.3, -0.25) is 0 Å². The zero-order valence-corrected chi connectivity index (χ0v) is 12.4. The Kier molecular flexibility index (Phi) is 5.15. The molecule has 0 amide bonds. The number of nitrogens with one attached hydrogen (secondary N) is 1. The summed E-state index contributed by atoms with van der Waals surface area (Å²) < 4.78 is 0. The van der Waals surface area contributed by atoms with E-state index < -0.39 is 0 Å². The first-order valence-electron chi connectivity index (χ1n) is 6.99. The van der Waals surface area contributed by atoms with Crippen molar-refractivity contribution in [3.8, 4) is 0 Å². The molecule has 1 aliphatic carbocycles. The van der Waals surface area contributed by atoms with Gasteiger partial charge in [-0.2, -0.15) is 0 Å². The molecule has 4 heteroatoms. The maximum Gasteiger partial charge on any atom is 0.0795 e. The summed E-state index contributed by atoms with van der Waals surface area (Å²) in [6.45, 7) is 2.13. The molecule has 1 fully saturated rings. The summed E-state index contributed by atoms with van der Waals surface area (Å²) in [7, 11) is 4.33. The van der Waals surface area contributed by atoms with E-state index in [1.54, 1.807) is 11.3 Å². The molecule has 1 heterocycles. The van der Waals surface area contributed by atoms with Crippen molar-refractivity contribution < 1.29 is 0 Å². The summed E-state index contributed by atoms with van der Waals surface area (Å²) in [6, 6.07) is 0. The van der Waals surface area contributed by atoms with Gasteiger partial charge >= 0.3 is 0 Å². The zero-order chi connectivity index (χ0) is 12.8. The van der Waals surface area contributed by atoms with Crippen LogP contribution in [0.15, 0.2) is 10.9 Å². The molecule has 1 aliphatic rings. The van der Waals surface area contributed by atoms with Crippen molar-refractivity contribution in [3.05, 3.63) is 16.6 Å². The quantitative estimate of drug-likeness (QED) is 0.859. The lowest BCUT2D eigenvalue weighted by molar-refractivity contribution is 0.193. The molecule has 102 valence electrons. The van der Waals surface area contributed by atoms with Gasteiger partial charge in [0, 0.05) is 17.5 Å². The van der Waals surface area contributed by atoms with Crippen molar-refractivity contribution in [1.82, 2.24) is 15.2 Å². The molecule has 3 nitrogen and oxygen atoms in total. The summed E-state index contributed by atoms with van der Waals surface area (Å²) >= 11 is 1.68. The van der Waals surface area contributed by atoms with Crippen LogP contribution in [-0.2, 0) is 6.54 Å². The minimum atomic E-state index is 0.397. The second kappa shape index (κ2) is 6.64. The Labute approximate surface area is 115 Å². The van der Waals surface area contributed by atoms with E-state index >= 15 is 0 Å². The van der Waals surface area contributed by atoms with Crippen LogP contribution in [0, 0.1) is 0 Å². The fourth-order valence-electron chi connectivity index (χ4n) is 2.93. The number of hydrogen-bond acceptors (Lipinski definition) is 4. The Morgan fingerprint density at radius 2 is 2.17 bits per heavy atom. The van der Waals surface area contributed by atoms with Gasteiger partial charge in [-0.15, -0.1) is 11.3 Å². The van der Waals surface area contributed by atoms with Gasteiger partial charge < -0.3 is 10.2 Å². The van der Waals surface area contributed by atoms with E-state index in [4.69, 9.17) is 0 Å². The van der Waals surface area contributed by atoms with Crippen LogP contribution in [0.25, 0.3) is 0 Å². The van der Waals surface area contributed by atoms with Crippen LogP contribution in [0.4, 0.5) is 0 Å². The van der Waals surface area contributed by atoms with E-state index in [1.165, 1.54) is 44.2 Å². The first-order chi connectivity index (χ1) is 8.74. The topological polar surface area (TPSA) is 28.2 Å². The Balaban J connectivity index is 1.78. The van der Waals surface area contributed by atoms with Gasteiger partial charge in [0.15, 0.2) is 0 Å².